The molecule has 20 heavy (non-hydrogen) atoms. The van der Waals surface area contributed by atoms with E-state index in [0.717, 1.165) is 0 Å². The van der Waals surface area contributed by atoms with Crippen molar-refractivity contribution in [2.24, 2.45) is 0 Å². The minimum atomic E-state index is -1.08. The van der Waals surface area contributed by atoms with Crippen molar-refractivity contribution in [3.63, 3.8) is 0 Å². The van der Waals surface area contributed by atoms with Crippen LogP contribution in [0, 0.1) is 0 Å². The second-order valence-corrected chi connectivity index (χ2v) is 4.75. The van der Waals surface area contributed by atoms with Crippen LogP contribution in [0.25, 0.3) is 11.0 Å². The van der Waals surface area contributed by atoms with Crippen LogP contribution in [0.2, 0.25) is 0 Å². The predicted molar refractivity (Wildman–Crippen MR) is 72.9 cm³/mol. The third-order valence-corrected chi connectivity index (χ3v) is 3.15. The van der Waals surface area contributed by atoms with Crippen molar-refractivity contribution in [1.29, 1.82) is 0 Å². The molecule has 0 spiro atoms. The third kappa shape index (κ3) is 2.18. The van der Waals surface area contributed by atoms with E-state index in [2.05, 4.69) is 4.98 Å². The summed E-state index contributed by atoms with van der Waals surface area (Å²) in [4.78, 5) is 39.0. The summed E-state index contributed by atoms with van der Waals surface area (Å²) in [6, 6.07) is 3.59. The summed E-state index contributed by atoms with van der Waals surface area (Å²) in [5, 5.41) is 9.01. The van der Waals surface area contributed by atoms with Gasteiger partial charge in [0.1, 0.15) is 6.04 Å². The molecule has 2 N–H and O–H groups in total. The second kappa shape index (κ2) is 4.84. The number of carbonyl (C=O) groups is 2. The molecule has 0 aliphatic rings. The molecule has 0 aliphatic heterocycles. The quantitative estimate of drug-likeness (QED) is 0.862. The fourth-order valence-corrected chi connectivity index (χ4v) is 2.12. The Labute approximate surface area is 114 Å². The highest BCUT2D eigenvalue weighted by atomic mass is 16.4. The van der Waals surface area contributed by atoms with Crippen LogP contribution >= 0.6 is 0 Å². The molecule has 1 aromatic carbocycles. The second-order valence-electron chi connectivity index (χ2n) is 4.75. The Morgan fingerprint density at radius 1 is 1.35 bits per heavy atom. The van der Waals surface area contributed by atoms with Crippen molar-refractivity contribution >= 4 is 22.9 Å². The molecule has 106 valence electrons. The molecule has 2 rings (SSSR count). The lowest BCUT2D eigenvalue weighted by Crippen LogP contribution is -2.34. The van der Waals surface area contributed by atoms with E-state index in [1.807, 2.05) is 0 Å². The first-order valence-corrected chi connectivity index (χ1v) is 6.01. The average molecular weight is 277 g/mol. The number of hydrogen-bond acceptors (Lipinski definition) is 3. The number of benzene rings is 1. The van der Waals surface area contributed by atoms with Crippen LogP contribution in [0.15, 0.2) is 23.0 Å². The highest BCUT2D eigenvalue weighted by molar-refractivity contribution is 5.93. The van der Waals surface area contributed by atoms with Crippen molar-refractivity contribution in [3.05, 3.63) is 34.2 Å². The van der Waals surface area contributed by atoms with E-state index in [-0.39, 0.29) is 11.5 Å². The number of imidazole rings is 1. The number of aromatic carboxylic acids is 1. The van der Waals surface area contributed by atoms with E-state index in [0.29, 0.717) is 11.0 Å². The molecular formula is C13H15N3O4. The molecule has 1 unspecified atom stereocenters. The van der Waals surface area contributed by atoms with Gasteiger partial charge in [-0.15, -0.1) is 0 Å². The fourth-order valence-electron chi connectivity index (χ4n) is 2.12. The lowest BCUT2D eigenvalue weighted by atomic mass is 10.2. The number of carbonyl (C=O) groups excluding carboxylic acids is 1. The van der Waals surface area contributed by atoms with Gasteiger partial charge in [0.2, 0.25) is 5.91 Å². The van der Waals surface area contributed by atoms with Crippen LogP contribution in [0.3, 0.4) is 0 Å². The molecule has 1 amide bonds. The van der Waals surface area contributed by atoms with Gasteiger partial charge in [-0.25, -0.2) is 9.59 Å². The maximum atomic E-state index is 12.0. The zero-order chi connectivity index (χ0) is 15.0. The molecule has 0 radical (unpaired) electrons. The van der Waals surface area contributed by atoms with Gasteiger partial charge in [0, 0.05) is 14.1 Å². The van der Waals surface area contributed by atoms with Crippen LogP contribution in [0.4, 0.5) is 0 Å². The lowest BCUT2D eigenvalue weighted by molar-refractivity contribution is -0.131. The molecule has 0 saturated heterocycles. The van der Waals surface area contributed by atoms with Crippen LogP contribution in [-0.2, 0) is 4.79 Å². The van der Waals surface area contributed by atoms with E-state index in [1.54, 1.807) is 21.0 Å². The number of hydrogen-bond donors (Lipinski definition) is 2. The summed E-state index contributed by atoms with van der Waals surface area (Å²) in [5.74, 6) is -1.33. The number of carboxylic acids is 1. The largest absolute Gasteiger partial charge is 0.478 e. The van der Waals surface area contributed by atoms with Gasteiger partial charge in [-0.1, -0.05) is 0 Å². The first-order valence-electron chi connectivity index (χ1n) is 6.01. The number of rotatable bonds is 3. The molecule has 7 heteroatoms. The molecule has 1 atom stereocenters. The Morgan fingerprint density at radius 2 is 2.00 bits per heavy atom. The Kier molecular flexibility index (Phi) is 3.35. The Morgan fingerprint density at radius 3 is 2.55 bits per heavy atom. The third-order valence-electron chi connectivity index (χ3n) is 3.15. The summed E-state index contributed by atoms with van der Waals surface area (Å²) in [7, 11) is 3.20. The first-order chi connectivity index (χ1) is 9.32. The number of aromatic amines is 1. The van der Waals surface area contributed by atoms with Crippen molar-refractivity contribution in [1.82, 2.24) is 14.5 Å². The van der Waals surface area contributed by atoms with Crippen LogP contribution in [-0.4, -0.2) is 45.5 Å². The van der Waals surface area contributed by atoms with Gasteiger partial charge in [-0.3, -0.25) is 9.36 Å². The lowest BCUT2D eigenvalue weighted by Gasteiger charge is -2.18. The number of nitrogens with one attached hydrogen (secondary N) is 1. The highest BCUT2D eigenvalue weighted by Gasteiger charge is 2.21. The first kappa shape index (κ1) is 13.9. The van der Waals surface area contributed by atoms with Crippen LogP contribution < -0.4 is 5.69 Å². The number of nitrogens with zero attached hydrogens (tertiary/aromatic N) is 2. The Hall–Kier alpha value is -2.57. The number of likely N-dealkylation sites (N-methyl/N-ethyl adjacent to an activating group) is 1. The topological polar surface area (TPSA) is 95.4 Å². The van der Waals surface area contributed by atoms with Crippen molar-refractivity contribution < 1.29 is 14.7 Å². The Balaban J connectivity index is 2.65. The molecule has 7 nitrogen and oxygen atoms in total. The molecule has 1 aromatic heterocycles. The standard InChI is InChI=1S/C13H15N3O4/c1-7(11(17)15(2)3)16-10-6-8(12(18)19)4-5-9(10)14-13(16)20/h4-7H,1-3H3,(H,14,20)(H,18,19). The normalized spacial score (nSPS) is 12.3. The summed E-state index contributed by atoms with van der Waals surface area (Å²) >= 11 is 0. The summed E-state index contributed by atoms with van der Waals surface area (Å²) in [6.45, 7) is 1.60. The van der Waals surface area contributed by atoms with Crippen LogP contribution in [0.5, 0.6) is 0 Å². The van der Waals surface area contributed by atoms with Crippen molar-refractivity contribution in [3.8, 4) is 0 Å². The number of fused-ring (bicyclic) bond motifs is 1. The number of H-pyrrole nitrogens is 1. The van der Waals surface area contributed by atoms with Gasteiger partial charge >= 0.3 is 11.7 Å². The maximum Gasteiger partial charge on any atom is 0.335 e. The monoisotopic (exact) mass is 277 g/mol. The summed E-state index contributed by atoms with van der Waals surface area (Å²) in [5.41, 5.74) is 0.524. The van der Waals surface area contributed by atoms with Gasteiger partial charge in [-0.2, -0.15) is 0 Å². The minimum Gasteiger partial charge on any atom is -0.478 e. The van der Waals surface area contributed by atoms with Crippen LogP contribution in [0.1, 0.15) is 23.3 Å². The molecule has 2 aromatic rings. The molecule has 1 heterocycles. The zero-order valence-electron chi connectivity index (χ0n) is 11.4. The van der Waals surface area contributed by atoms with E-state index < -0.39 is 17.7 Å². The van der Waals surface area contributed by atoms with Crippen molar-refractivity contribution in [2.45, 2.75) is 13.0 Å². The van der Waals surface area contributed by atoms with Crippen molar-refractivity contribution in [2.75, 3.05) is 14.1 Å². The zero-order valence-corrected chi connectivity index (χ0v) is 11.4. The summed E-state index contributed by atoms with van der Waals surface area (Å²) < 4.78 is 1.27. The van der Waals surface area contributed by atoms with Gasteiger partial charge in [-0.05, 0) is 25.1 Å². The van der Waals surface area contributed by atoms with Gasteiger partial charge in [0.15, 0.2) is 0 Å². The predicted octanol–water partition coefficient (Wildman–Crippen LogP) is 0.677. The molecule has 0 fully saturated rings. The smallest absolute Gasteiger partial charge is 0.335 e. The van der Waals surface area contributed by atoms with Gasteiger partial charge in [0.25, 0.3) is 0 Å². The van der Waals surface area contributed by atoms with Gasteiger partial charge < -0.3 is 15.0 Å². The highest BCUT2D eigenvalue weighted by Crippen LogP contribution is 2.18. The minimum absolute atomic E-state index is 0.0646. The SMILES string of the molecule is CC(C(=O)N(C)C)n1c(=O)[nH]c2ccc(C(=O)O)cc21. The molecule has 0 aliphatic carbocycles. The van der Waals surface area contributed by atoms with E-state index in [1.165, 1.54) is 27.7 Å². The number of amides is 1. The van der Waals surface area contributed by atoms with E-state index >= 15 is 0 Å². The van der Waals surface area contributed by atoms with E-state index in [9.17, 15) is 14.4 Å². The van der Waals surface area contributed by atoms with Gasteiger partial charge in [0.05, 0.1) is 16.6 Å². The molecule has 0 bridgehead atoms. The average Bonchev–Trinajstić information content (AvgIpc) is 2.71. The number of aromatic nitrogens is 2. The maximum absolute atomic E-state index is 12.0. The fraction of sp³-hybridized carbons (Fsp3) is 0.308. The number of carboxylic acid groups (broad SMARTS) is 1. The molecule has 0 saturated carbocycles. The summed E-state index contributed by atoms with van der Waals surface area (Å²) in [6.07, 6.45) is 0. The van der Waals surface area contributed by atoms with E-state index in [4.69, 9.17) is 5.11 Å². The Bertz CT molecular complexity index is 742. The molecular weight excluding hydrogens is 262 g/mol.